The number of pyridine rings is 1. The van der Waals surface area contributed by atoms with Crippen LogP contribution in [0.3, 0.4) is 0 Å². The van der Waals surface area contributed by atoms with Crippen LogP contribution >= 0.6 is 15.9 Å². The first-order valence-corrected chi connectivity index (χ1v) is 5.96. The molecule has 2 nitrogen and oxygen atoms in total. The summed E-state index contributed by atoms with van der Waals surface area (Å²) in [6.45, 7) is 5.34. The Morgan fingerprint density at radius 1 is 1.36 bits per heavy atom. The first-order valence-electron chi connectivity index (χ1n) is 4.84. The molecule has 0 radical (unpaired) electrons. The zero-order valence-electron chi connectivity index (χ0n) is 8.76. The van der Waals surface area contributed by atoms with Gasteiger partial charge in [0.15, 0.2) is 0 Å². The van der Waals surface area contributed by atoms with Crippen LogP contribution in [0.1, 0.15) is 25.8 Å². The van der Waals surface area contributed by atoms with Gasteiger partial charge in [-0.2, -0.15) is 0 Å². The van der Waals surface area contributed by atoms with Gasteiger partial charge in [-0.1, -0.05) is 15.9 Å². The smallest absolute Gasteiger partial charge is 0.0271 e. The molecular weight excluding hydrogens is 240 g/mol. The summed E-state index contributed by atoms with van der Waals surface area (Å²) in [5.74, 6) is 0. The van der Waals surface area contributed by atoms with E-state index >= 15 is 0 Å². The van der Waals surface area contributed by atoms with E-state index in [-0.39, 0.29) is 5.54 Å². The number of rotatable bonds is 5. The predicted molar refractivity (Wildman–Crippen MR) is 63.6 cm³/mol. The quantitative estimate of drug-likeness (QED) is 0.820. The average molecular weight is 257 g/mol. The van der Waals surface area contributed by atoms with E-state index in [1.165, 1.54) is 5.56 Å². The molecule has 0 aliphatic rings. The van der Waals surface area contributed by atoms with E-state index in [1.807, 2.05) is 24.5 Å². The van der Waals surface area contributed by atoms with Gasteiger partial charge < -0.3 is 5.32 Å². The summed E-state index contributed by atoms with van der Waals surface area (Å²) >= 11 is 3.46. The lowest BCUT2D eigenvalue weighted by Gasteiger charge is -2.25. The monoisotopic (exact) mass is 256 g/mol. The highest BCUT2D eigenvalue weighted by Gasteiger charge is 2.15. The Labute approximate surface area is 94.3 Å². The van der Waals surface area contributed by atoms with Crippen molar-refractivity contribution >= 4 is 15.9 Å². The third kappa shape index (κ3) is 4.20. The number of aromatic nitrogens is 1. The van der Waals surface area contributed by atoms with Crippen molar-refractivity contribution in [2.75, 3.05) is 5.33 Å². The summed E-state index contributed by atoms with van der Waals surface area (Å²) < 4.78 is 0. The van der Waals surface area contributed by atoms with Gasteiger partial charge in [-0.15, -0.1) is 0 Å². The normalized spacial score (nSPS) is 11.6. The van der Waals surface area contributed by atoms with Crippen LogP contribution < -0.4 is 5.32 Å². The van der Waals surface area contributed by atoms with Crippen LogP contribution in [0.5, 0.6) is 0 Å². The highest BCUT2D eigenvalue weighted by atomic mass is 79.9. The van der Waals surface area contributed by atoms with E-state index < -0.39 is 0 Å². The van der Waals surface area contributed by atoms with E-state index in [1.54, 1.807) is 0 Å². The van der Waals surface area contributed by atoms with Crippen molar-refractivity contribution in [3.05, 3.63) is 30.1 Å². The second-order valence-electron chi connectivity index (χ2n) is 4.03. The van der Waals surface area contributed by atoms with Gasteiger partial charge in [-0.25, -0.2) is 0 Å². The van der Waals surface area contributed by atoms with Crippen LogP contribution in [-0.4, -0.2) is 15.9 Å². The average Bonchev–Trinajstić information content (AvgIpc) is 2.17. The lowest BCUT2D eigenvalue weighted by atomic mass is 10.0. The fraction of sp³-hybridized carbons (Fsp3) is 0.545. The summed E-state index contributed by atoms with van der Waals surface area (Å²) in [6, 6.07) is 4.08. The lowest BCUT2D eigenvalue weighted by molar-refractivity contribution is 0.378. The van der Waals surface area contributed by atoms with Gasteiger partial charge >= 0.3 is 0 Å². The minimum Gasteiger partial charge on any atom is -0.308 e. The van der Waals surface area contributed by atoms with Crippen LogP contribution in [0.2, 0.25) is 0 Å². The molecule has 14 heavy (non-hydrogen) atoms. The predicted octanol–water partition coefficient (Wildman–Crippen LogP) is 2.73. The summed E-state index contributed by atoms with van der Waals surface area (Å²) in [5.41, 5.74) is 1.47. The van der Waals surface area contributed by atoms with Crippen LogP contribution in [0.15, 0.2) is 24.5 Å². The van der Waals surface area contributed by atoms with E-state index in [0.717, 1.165) is 18.3 Å². The molecule has 1 rings (SSSR count). The minimum absolute atomic E-state index is 0.187. The Kier molecular flexibility index (Phi) is 4.55. The Bertz CT molecular complexity index is 259. The van der Waals surface area contributed by atoms with Gasteiger partial charge in [-0.3, -0.25) is 4.98 Å². The van der Waals surface area contributed by atoms with E-state index in [2.05, 4.69) is 40.1 Å². The van der Waals surface area contributed by atoms with Crippen molar-refractivity contribution in [2.24, 2.45) is 0 Å². The lowest BCUT2D eigenvalue weighted by Crippen LogP contribution is -2.38. The molecule has 1 aromatic heterocycles. The van der Waals surface area contributed by atoms with Crippen molar-refractivity contribution in [3.63, 3.8) is 0 Å². The molecule has 0 saturated carbocycles. The summed E-state index contributed by atoms with van der Waals surface area (Å²) in [5, 5.41) is 4.55. The van der Waals surface area contributed by atoms with Gasteiger partial charge in [0, 0.05) is 29.8 Å². The second-order valence-corrected chi connectivity index (χ2v) is 4.82. The van der Waals surface area contributed by atoms with Crippen LogP contribution in [-0.2, 0) is 6.54 Å². The first kappa shape index (κ1) is 11.7. The minimum atomic E-state index is 0.187. The molecule has 0 saturated heterocycles. The van der Waals surface area contributed by atoms with Crippen LogP contribution in [0.25, 0.3) is 0 Å². The number of nitrogens with zero attached hydrogens (tertiary/aromatic N) is 1. The standard InChI is InChI=1S/C11H17BrN2/c1-11(2,5-6-12)14-9-10-3-7-13-8-4-10/h3-4,7-8,14H,5-6,9H2,1-2H3. The molecule has 78 valence electrons. The maximum atomic E-state index is 3.99. The summed E-state index contributed by atoms with van der Waals surface area (Å²) in [4.78, 5) is 3.99. The second kappa shape index (κ2) is 5.47. The maximum Gasteiger partial charge on any atom is 0.0271 e. The molecule has 0 bridgehead atoms. The largest absolute Gasteiger partial charge is 0.308 e. The molecule has 1 aromatic rings. The third-order valence-electron chi connectivity index (χ3n) is 2.24. The third-order valence-corrected chi connectivity index (χ3v) is 2.64. The van der Waals surface area contributed by atoms with Gasteiger partial charge in [0.1, 0.15) is 0 Å². The Hall–Kier alpha value is -0.410. The molecule has 0 atom stereocenters. The van der Waals surface area contributed by atoms with Crippen LogP contribution in [0, 0.1) is 0 Å². The molecule has 1 N–H and O–H groups in total. The number of hydrogen-bond acceptors (Lipinski definition) is 2. The van der Waals surface area contributed by atoms with Crippen LogP contribution in [0.4, 0.5) is 0 Å². The Balaban J connectivity index is 2.40. The zero-order valence-corrected chi connectivity index (χ0v) is 10.3. The maximum absolute atomic E-state index is 3.99. The highest BCUT2D eigenvalue weighted by molar-refractivity contribution is 9.09. The molecule has 0 fully saturated rings. The van der Waals surface area contributed by atoms with Crippen molar-refractivity contribution in [3.8, 4) is 0 Å². The summed E-state index contributed by atoms with van der Waals surface area (Å²) in [7, 11) is 0. The zero-order chi connectivity index (χ0) is 10.4. The SMILES string of the molecule is CC(C)(CCBr)NCc1ccncc1. The molecule has 3 heteroatoms. The molecule has 0 aromatic carbocycles. The van der Waals surface area contributed by atoms with Crippen molar-refractivity contribution in [1.29, 1.82) is 0 Å². The number of nitrogens with one attached hydrogen (secondary N) is 1. The Morgan fingerprint density at radius 3 is 2.57 bits per heavy atom. The van der Waals surface area contributed by atoms with Gasteiger partial charge in [0.2, 0.25) is 0 Å². The molecule has 0 aliphatic heterocycles. The van der Waals surface area contributed by atoms with Crippen molar-refractivity contribution in [1.82, 2.24) is 10.3 Å². The molecule has 0 amide bonds. The Morgan fingerprint density at radius 2 is 2.00 bits per heavy atom. The van der Waals surface area contributed by atoms with Gasteiger partial charge in [-0.05, 0) is 38.0 Å². The van der Waals surface area contributed by atoms with E-state index in [4.69, 9.17) is 0 Å². The first-order chi connectivity index (χ1) is 6.64. The number of hydrogen-bond donors (Lipinski definition) is 1. The van der Waals surface area contributed by atoms with E-state index in [9.17, 15) is 0 Å². The molecule has 0 unspecified atom stereocenters. The molecule has 0 aliphatic carbocycles. The molecule has 0 spiro atoms. The number of alkyl halides is 1. The fourth-order valence-corrected chi connectivity index (χ4v) is 2.16. The van der Waals surface area contributed by atoms with E-state index in [0.29, 0.717) is 0 Å². The summed E-state index contributed by atoms with van der Waals surface area (Å²) in [6.07, 6.45) is 4.78. The topological polar surface area (TPSA) is 24.9 Å². The van der Waals surface area contributed by atoms with Gasteiger partial charge in [0.25, 0.3) is 0 Å². The van der Waals surface area contributed by atoms with Crippen molar-refractivity contribution in [2.45, 2.75) is 32.4 Å². The molecule has 1 heterocycles. The van der Waals surface area contributed by atoms with Gasteiger partial charge in [0.05, 0.1) is 0 Å². The number of halogens is 1. The molecular formula is C11H17BrN2. The highest BCUT2D eigenvalue weighted by Crippen LogP contribution is 2.11. The van der Waals surface area contributed by atoms with Crippen molar-refractivity contribution < 1.29 is 0 Å². The fourth-order valence-electron chi connectivity index (χ4n) is 1.17.